The van der Waals surface area contributed by atoms with Gasteiger partial charge in [-0.25, -0.2) is 0 Å². The number of nitriles is 1. The number of nitrogens with one attached hydrogen (secondary N) is 1. The molecule has 0 unspecified atom stereocenters. The van der Waals surface area contributed by atoms with Crippen molar-refractivity contribution in [2.75, 3.05) is 4.90 Å². The number of hydrogen-bond donors (Lipinski definition) is 2. The number of aromatic nitrogens is 2. The van der Waals surface area contributed by atoms with Gasteiger partial charge < -0.3 is 5.73 Å². The van der Waals surface area contributed by atoms with Gasteiger partial charge in [-0.15, -0.1) is 0 Å². The molecule has 1 atom stereocenters. The van der Waals surface area contributed by atoms with Crippen LogP contribution >= 0.6 is 11.6 Å². The first-order valence-electron chi connectivity index (χ1n) is 11.5. The standard InChI is InChI=1S/C28H26ClN5O/c1-16-23(18-9-11-19(29)12-10-18)27(33-32-16)34-21-13-28(2,3)14-22(35)25(21)24(20(15-30)26(34)31)17-7-5-4-6-8-17/h4-12,24H,13-14,31H2,1-3H3,(H,32,33)/t24-/m1/s1. The largest absolute Gasteiger partial charge is 0.384 e. The number of anilines is 1. The van der Waals surface area contributed by atoms with E-state index in [1.165, 1.54) is 0 Å². The molecule has 176 valence electrons. The smallest absolute Gasteiger partial charge is 0.168 e. The van der Waals surface area contributed by atoms with Gasteiger partial charge in [0.1, 0.15) is 5.82 Å². The highest BCUT2D eigenvalue weighted by atomic mass is 35.5. The third-order valence-corrected chi connectivity index (χ3v) is 7.04. The van der Waals surface area contributed by atoms with Crippen LogP contribution in [0.15, 0.2) is 77.3 Å². The molecule has 2 aliphatic rings. The number of nitrogens with zero attached hydrogens (tertiary/aromatic N) is 3. The lowest BCUT2D eigenvalue weighted by molar-refractivity contribution is -0.118. The number of nitrogens with two attached hydrogens (primary N) is 1. The summed E-state index contributed by atoms with van der Waals surface area (Å²) in [6.07, 6.45) is 1.04. The molecule has 0 spiro atoms. The summed E-state index contributed by atoms with van der Waals surface area (Å²) in [6.45, 7) is 6.10. The molecule has 0 bridgehead atoms. The third-order valence-electron chi connectivity index (χ3n) is 6.79. The van der Waals surface area contributed by atoms with Crippen molar-refractivity contribution < 1.29 is 4.79 Å². The minimum atomic E-state index is -0.505. The van der Waals surface area contributed by atoms with Gasteiger partial charge in [0.15, 0.2) is 11.6 Å². The van der Waals surface area contributed by atoms with Crippen LogP contribution in [0.25, 0.3) is 11.1 Å². The molecule has 3 aromatic rings. The number of hydrogen-bond acceptors (Lipinski definition) is 5. The van der Waals surface area contributed by atoms with Gasteiger partial charge >= 0.3 is 0 Å². The van der Waals surface area contributed by atoms with E-state index in [1.807, 2.05) is 66.4 Å². The zero-order valence-electron chi connectivity index (χ0n) is 19.9. The number of allylic oxidation sites excluding steroid dienone is 3. The number of benzene rings is 2. The average Bonchev–Trinajstić information content (AvgIpc) is 3.19. The fraction of sp³-hybridized carbons (Fsp3) is 0.250. The number of carbonyl (C=O) groups excluding carboxylic acids is 1. The molecule has 0 fully saturated rings. The van der Waals surface area contributed by atoms with E-state index in [1.54, 1.807) is 0 Å². The van der Waals surface area contributed by atoms with Crippen LogP contribution in [0.1, 0.15) is 43.9 Å². The number of aromatic amines is 1. The molecule has 7 heteroatoms. The van der Waals surface area contributed by atoms with E-state index in [4.69, 9.17) is 17.3 Å². The highest BCUT2D eigenvalue weighted by Crippen LogP contribution is 2.51. The topological polar surface area (TPSA) is 98.8 Å². The second-order valence-corrected chi connectivity index (χ2v) is 10.4. The van der Waals surface area contributed by atoms with E-state index in [-0.39, 0.29) is 11.2 Å². The van der Waals surface area contributed by atoms with Gasteiger partial charge in [-0.05, 0) is 42.0 Å². The lowest BCUT2D eigenvalue weighted by Gasteiger charge is -2.43. The number of H-pyrrole nitrogens is 1. The predicted molar refractivity (Wildman–Crippen MR) is 137 cm³/mol. The summed E-state index contributed by atoms with van der Waals surface area (Å²) in [5.74, 6) is 0.401. The summed E-state index contributed by atoms with van der Waals surface area (Å²) < 4.78 is 0. The van der Waals surface area contributed by atoms with E-state index in [2.05, 4.69) is 30.1 Å². The van der Waals surface area contributed by atoms with Crippen molar-refractivity contribution in [3.05, 3.63) is 93.5 Å². The zero-order valence-corrected chi connectivity index (χ0v) is 20.6. The Labute approximate surface area is 209 Å². The first-order valence-corrected chi connectivity index (χ1v) is 11.9. The monoisotopic (exact) mass is 483 g/mol. The Morgan fingerprint density at radius 3 is 2.49 bits per heavy atom. The van der Waals surface area contributed by atoms with Crippen LogP contribution in [0.5, 0.6) is 0 Å². The second-order valence-electron chi connectivity index (χ2n) is 9.95. The van der Waals surface area contributed by atoms with Crippen molar-refractivity contribution in [1.82, 2.24) is 10.2 Å². The maximum absolute atomic E-state index is 13.7. The van der Waals surface area contributed by atoms with Crippen molar-refractivity contribution in [3.63, 3.8) is 0 Å². The number of halogens is 1. The Bertz CT molecular complexity index is 1420. The molecule has 0 saturated heterocycles. The summed E-state index contributed by atoms with van der Waals surface area (Å²) in [6, 6.07) is 19.5. The van der Waals surface area contributed by atoms with Gasteiger partial charge in [0.25, 0.3) is 0 Å². The van der Waals surface area contributed by atoms with Gasteiger partial charge in [-0.2, -0.15) is 10.4 Å². The first kappa shape index (κ1) is 22.9. The maximum Gasteiger partial charge on any atom is 0.168 e. The van der Waals surface area contributed by atoms with Crippen molar-refractivity contribution in [3.8, 4) is 17.2 Å². The van der Waals surface area contributed by atoms with Crippen LogP contribution in [0.4, 0.5) is 5.82 Å². The third kappa shape index (κ3) is 3.82. The quantitative estimate of drug-likeness (QED) is 0.477. The van der Waals surface area contributed by atoms with Crippen LogP contribution in [-0.4, -0.2) is 16.0 Å². The molecule has 0 saturated carbocycles. The van der Waals surface area contributed by atoms with E-state index < -0.39 is 5.92 Å². The fourth-order valence-electron chi connectivity index (χ4n) is 5.27. The van der Waals surface area contributed by atoms with Gasteiger partial charge in [0, 0.05) is 34.0 Å². The number of ketones is 1. The van der Waals surface area contributed by atoms with Gasteiger partial charge in [-0.3, -0.25) is 14.8 Å². The molecular formula is C28H26ClN5O. The Morgan fingerprint density at radius 2 is 1.83 bits per heavy atom. The molecule has 1 aromatic heterocycles. The van der Waals surface area contributed by atoms with Crippen LogP contribution in [0.2, 0.25) is 5.02 Å². The molecule has 0 amide bonds. The summed E-state index contributed by atoms with van der Waals surface area (Å²) in [4.78, 5) is 15.5. The molecule has 6 nitrogen and oxygen atoms in total. The molecule has 2 aromatic carbocycles. The lowest BCUT2D eigenvalue weighted by atomic mass is 9.68. The number of aryl methyl sites for hydroxylation is 1. The molecular weight excluding hydrogens is 458 g/mol. The minimum Gasteiger partial charge on any atom is -0.384 e. The molecule has 2 heterocycles. The van der Waals surface area contributed by atoms with E-state index in [0.29, 0.717) is 40.6 Å². The minimum absolute atomic E-state index is 0.0376. The molecule has 1 aliphatic heterocycles. The lowest BCUT2D eigenvalue weighted by Crippen LogP contribution is -2.42. The fourth-order valence-corrected chi connectivity index (χ4v) is 5.40. The van der Waals surface area contributed by atoms with Crippen LogP contribution < -0.4 is 10.6 Å². The molecule has 35 heavy (non-hydrogen) atoms. The highest BCUT2D eigenvalue weighted by Gasteiger charge is 2.45. The average molecular weight is 484 g/mol. The van der Waals surface area contributed by atoms with Crippen molar-refractivity contribution >= 4 is 23.2 Å². The molecule has 5 rings (SSSR count). The van der Waals surface area contributed by atoms with Gasteiger partial charge in [-0.1, -0.05) is 67.9 Å². The van der Waals surface area contributed by atoms with Gasteiger partial charge in [0.2, 0.25) is 0 Å². The van der Waals surface area contributed by atoms with Crippen molar-refractivity contribution in [1.29, 1.82) is 5.26 Å². The van der Waals surface area contributed by atoms with Crippen LogP contribution in [0, 0.1) is 23.7 Å². The van der Waals surface area contributed by atoms with E-state index >= 15 is 0 Å². The van der Waals surface area contributed by atoms with Crippen molar-refractivity contribution in [2.45, 2.75) is 39.5 Å². The van der Waals surface area contributed by atoms with E-state index in [9.17, 15) is 10.1 Å². The van der Waals surface area contributed by atoms with E-state index in [0.717, 1.165) is 28.1 Å². The molecule has 0 radical (unpaired) electrons. The Morgan fingerprint density at radius 1 is 1.14 bits per heavy atom. The highest BCUT2D eigenvalue weighted by molar-refractivity contribution is 6.30. The summed E-state index contributed by atoms with van der Waals surface area (Å²) in [7, 11) is 0. The van der Waals surface area contributed by atoms with Crippen LogP contribution in [-0.2, 0) is 4.79 Å². The second kappa shape index (κ2) is 8.44. The summed E-state index contributed by atoms with van der Waals surface area (Å²) in [5.41, 5.74) is 11.8. The Balaban J connectivity index is 1.79. The molecule has 1 aliphatic carbocycles. The molecule has 3 N–H and O–H groups in total. The number of carbonyl (C=O) groups is 1. The predicted octanol–water partition coefficient (Wildman–Crippen LogP) is 5.98. The number of Topliss-reactive ketones (excluding diaryl/α,β-unsaturated/α-hetero) is 1. The Kier molecular flexibility index (Phi) is 5.53. The first-order chi connectivity index (χ1) is 16.7. The maximum atomic E-state index is 13.7. The van der Waals surface area contributed by atoms with Gasteiger partial charge in [0.05, 0.1) is 17.6 Å². The summed E-state index contributed by atoms with van der Waals surface area (Å²) in [5, 5.41) is 18.6. The normalized spacial score (nSPS) is 19.6. The zero-order chi connectivity index (χ0) is 24.9. The van der Waals surface area contributed by atoms with Crippen LogP contribution in [0.3, 0.4) is 0 Å². The summed E-state index contributed by atoms with van der Waals surface area (Å²) >= 11 is 6.13. The van der Waals surface area contributed by atoms with Crippen molar-refractivity contribution in [2.24, 2.45) is 11.1 Å². The Hall–Kier alpha value is -3.82. The SMILES string of the molecule is Cc1[nH]nc(N2C(N)=C(C#N)[C@@H](c3ccccc3)C3=C2CC(C)(C)CC3=O)c1-c1ccc(Cl)cc1. The number of rotatable bonds is 3.